The highest BCUT2D eigenvalue weighted by molar-refractivity contribution is 5.96. The Bertz CT molecular complexity index is 511. The number of hydrogen-bond acceptors (Lipinski definition) is 4. The van der Waals surface area contributed by atoms with Crippen LogP contribution < -0.4 is 5.32 Å². The first-order valence-corrected chi connectivity index (χ1v) is 7.67. The minimum absolute atomic E-state index is 0.0894. The van der Waals surface area contributed by atoms with Crippen molar-refractivity contribution in [3.63, 3.8) is 0 Å². The van der Waals surface area contributed by atoms with Gasteiger partial charge in [0.15, 0.2) is 5.78 Å². The molecule has 0 spiro atoms. The first-order valence-electron chi connectivity index (χ1n) is 7.67. The molecule has 1 fully saturated rings. The summed E-state index contributed by atoms with van der Waals surface area (Å²) in [6.45, 7) is 8.14. The van der Waals surface area contributed by atoms with E-state index in [9.17, 15) is 9.59 Å². The number of carbonyl (C=O) groups excluding carboxylic acids is 2. The molecule has 0 radical (unpaired) electrons. The Morgan fingerprint density at radius 1 is 1.32 bits per heavy atom. The van der Waals surface area contributed by atoms with E-state index >= 15 is 0 Å². The van der Waals surface area contributed by atoms with Gasteiger partial charge in [0.1, 0.15) is 11.2 Å². The number of ketones is 1. The highest BCUT2D eigenvalue weighted by Gasteiger charge is 2.54. The molecule has 5 heteroatoms. The lowest BCUT2D eigenvalue weighted by Crippen LogP contribution is -2.42. The zero-order chi connectivity index (χ0) is 16.4. The smallest absolute Gasteiger partial charge is 0.407 e. The zero-order valence-electron chi connectivity index (χ0n) is 13.8. The monoisotopic (exact) mass is 307 g/mol. The molecule has 0 saturated carbocycles. The Labute approximate surface area is 131 Å². The molecule has 2 rings (SSSR count). The molecule has 1 aliphatic heterocycles. The molecule has 1 saturated heterocycles. The summed E-state index contributed by atoms with van der Waals surface area (Å²) in [7, 11) is 0. The summed E-state index contributed by atoms with van der Waals surface area (Å²) in [4.78, 5) is 24.5. The van der Waals surface area contributed by atoms with E-state index in [0.29, 0.717) is 26.0 Å². The van der Waals surface area contributed by atoms with Crippen LogP contribution in [0.1, 0.15) is 40.5 Å². The predicted molar refractivity (Wildman–Crippen MR) is 83.5 cm³/mol. The maximum absolute atomic E-state index is 12.8. The lowest BCUT2D eigenvalue weighted by atomic mass is 9.71. The highest BCUT2D eigenvalue weighted by atomic mass is 16.6. The molecular formula is C17H25NO4. The van der Waals surface area contributed by atoms with Gasteiger partial charge in [0, 0.05) is 6.54 Å². The van der Waals surface area contributed by atoms with Gasteiger partial charge in [0.25, 0.3) is 0 Å². The Morgan fingerprint density at radius 2 is 2.00 bits per heavy atom. The van der Waals surface area contributed by atoms with Gasteiger partial charge in [-0.05, 0) is 40.5 Å². The van der Waals surface area contributed by atoms with Gasteiger partial charge < -0.3 is 14.8 Å². The second kappa shape index (κ2) is 5.88. The van der Waals surface area contributed by atoms with Crippen molar-refractivity contribution in [1.29, 1.82) is 0 Å². The standard InChI is InChI=1S/C17H25NO4/c1-15(2,3)22-14(20)18-11-10-17(8-6-5-7-9-17)13(19)16(4)12-21-16/h5-8H,9-12H2,1-4H3,(H,18,20)/t16-,17+/m1/s1. The third-order valence-corrected chi connectivity index (χ3v) is 3.89. The maximum Gasteiger partial charge on any atom is 0.407 e. The molecule has 122 valence electrons. The van der Waals surface area contributed by atoms with E-state index in [0.717, 1.165) is 0 Å². The Hall–Kier alpha value is -1.62. The molecule has 0 unspecified atom stereocenters. The van der Waals surface area contributed by atoms with Crippen LogP contribution in [0.4, 0.5) is 4.79 Å². The molecule has 0 aromatic rings. The van der Waals surface area contributed by atoms with Crippen molar-refractivity contribution < 1.29 is 19.1 Å². The van der Waals surface area contributed by atoms with Gasteiger partial charge in [-0.1, -0.05) is 24.3 Å². The number of ether oxygens (including phenoxy) is 2. The van der Waals surface area contributed by atoms with E-state index in [4.69, 9.17) is 9.47 Å². The van der Waals surface area contributed by atoms with Crippen molar-refractivity contribution in [2.45, 2.75) is 51.7 Å². The van der Waals surface area contributed by atoms with Crippen molar-refractivity contribution in [2.75, 3.05) is 13.2 Å². The number of Topliss-reactive ketones (excluding diaryl/α,β-unsaturated/α-hetero) is 1. The molecule has 2 atom stereocenters. The number of allylic oxidation sites excluding steroid dienone is 4. The highest BCUT2D eigenvalue weighted by Crippen LogP contribution is 2.42. The summed E-state index contributed by atoms with van der Waals surface area (Å²) < 4.78 is 10.5. The molecule has 0 aromatic heterocycles. The third kappa shape index (κ3) is 3.97. The Kier molecular flexibility index (Phi) is 4.47. The fraction of sp³-hybridized carbons (Fsp3) is 0.647. The number of amides is 1. The van der Waals surface area contributed by atoms with E-state index in [1.807, 2.05) is 52.0 Å². The zero-order valence-corrected chi connectivity index (χ0v) is 13.8. The van der Waals surface area contributed by atoms with Crippen LogP contribution in [0.15, 0.2) is 24.3 Å². The van der Waals surface area contributed by atoms with Gasteiger partial charge in [-0.25, -0.2) is 4.79 Å². The first-order chi connectivity index (χ1) is 10.2. The molecule has 1 N–H and O–H groups in total. The maximum atomic E-state index is 12.8. The minimum atomic E-state index is -0.665. The fourth-order valence-electron chi connectivity index (χ4n) is 2.60. The Morgan fingerprint density at radius 3 is 2.50 bits per heavy atom. The third-order valence-electron chi connectivity index (χ3n) is 3.89. The van der Waals surface area contributed by atoms with Crippen LogP contribution >= 0.6 is 0 Å². The second-order valence-corrected chi connectivity index (χ2v) is 7.17. The molecule has 5 nitrogen and oxygen atoms in total. The SMILES string of the molecule is CC(C)(C)OC(=O)NCC[C@]1(C(=O)[C@@]2(C)CO2)C=CC=CC1. The van der Waals surface area contributed by atoms with Gasteiger partial charge in [0.05, 0.1) is 12.0 Å². The average Bonchev–Trinajstić information content (AvgIpc) is 3.16. The van der Waals surface area contributed by atoms with E-state index in [1.165, 1.54) is 0 Å². The van der Waals surface area contributed by atoms with Crippen molar-refractivity contribution in [1.82, 2.24) is 5.32 Å². The summed E-state index contributed by atoms with van der Waals surface area (Å²) in [5, 5.41) is 2.73. The summed E-state index contributed by atoms with van der Waals surface area (Å²) >= 11 is 0. The van der Waals surface area contributed by atoms with Crippen LogP contribution in [0.3, 0.4) is 0 Å². The van der Waals surface area contributed by atoms with Crippen molar-refractivity contribution in [3.05, 3.63) is 24.3 Å². The first kappa shape index (κ1) is 16.7. The van der Waals surface area contributed by atoms with Crippen LogP contribution in [0.5, 0.6) is 0 Å². The molecule has 22 heavy (non-hydrogen) atoms. The number of alkyl carbamates (subject to hydrolysis) is 1. The van der Waals surface area contributed by atoms with Crippen molar-refractivity contribution in [2.24, 2.45) is 5.41 Å². The molecule has 1 amide bonds. The van der Waals surface area contributed by atoms with Gasteiger partial charge in [-0.15, -0.1) is 0 Å². The number of rotatable bonds is 5. The minimum Gasteiger partial charge on any atom is -0.444 e. The lowest BCUT2D eigenvalue weighted by molar-refractivity contribution is -0.131. The molecule has 1 aliphatic carbocycles. The van der Waals surface area contributed by atoms with Crippen LogP contribution in [0.2, 0.25) is 0 Å². The second-order valence-electron chi connectivity index (χ2n) is 7.17. The summed E-state index contributed by atoms with van der Waals surface area (Å²) in [5.41, 5.74) is -1.79. The fourth-order valence-corrected chi connectivity index (χ4v) is 2.60. The van der Waals surface area contributed by atoms with E-state index in [-0.39, 0.29) is 5.78 Å². The number of epoxide rings is 1. The van der Waals surface area contributed by atoms with Crippen molar-refractivity contribution >= 4 is 11.9 Å². The van der Waals surface area contributed by atoms with Gasteiger partial charge in [-0.3, -0.25) is 4.79 Å². The van der Waals surface area contributed by atoms with Crippen molar-refractivity contribution in [3.8, 4) is 0 Å². The van der Waals surface area contributed by atoms with E-state index < -0.39 is 22.7 Å². The molecule has 2 aliphatic rings. The lowest BCUT2D eigenvalue weighted by Gasteiger charge is -2.31. The van der Waals surface area contributed by atoms with Gasteiger partial charge >= 0.3 is 6.09 Å². The normalized spacial score (nSPS) is 30.0. The average molecular weight is 307 g/mol. The number of hydrogen-bond donors (Lipinski definition) is 1. The van der Waals surface area contributed by atoms with Gasteiger partial charge in [-0.2, -0.15) is 0 Å². The summed E-state index contributed by atoms with van der Waals surface area (Å²) in [6.07, 6.45) is 8.45. The molecule has 0 aromatic carbocycles. The summed E-state index contributed by atoms with van der Waals surface area (Å²) in [5.74, 6) is 0.0894. The molecular weight excluding hydrogens is 282 g/mol. The number of carbonyl (C=O) groups is 2. The van der Waals surface area contributed by atoms with Crippen LogP contribution in [-0.2, 0) is 14.3 Å². The molecule has 1 heterocycles. The van der Waals surface area contributed by atoms with Gasteiger partial charge in [0.2, 0.25) is 0 Å². The largest absolute Gasteiger partial charge is 0.444 e. The van der Waals surface area contributed by atoms with Crippen LogP contribution in [-0.4, -0.2) is 36.2 Å². The summed E-state index contributed by atoms with van der Waals surface area (Å²) in [6, 6.07) is 0. The molecule has 0 bridgehead atoms. The van der Waals surface area contributed by atoms with E-state index in [2.05, 4.69) is 5.32 Å². The topological polar surface area (TPSA) is 67.9 Å². The van der Waals surface area contributed by atoms with Crippen LogP contribution in [0.25, 0.3) is 0 Å². The predicted octanol–water partition coefficient (Wildman–Crippen LogP) is 2.76. The number of nitrogens with one attached hydrogen (secondary N) is 1. The quantitative estimate of drug-likeness (QED) is 0.793. The van der Waals surface area contributed by atoms with Crippen LogP contribution in [0, 0.1) is 5.41 Å². The van der Waals surface area contributed by atoms with E-state index in [1.54, 1.807) is 0 Å². The Balaban J connectivity index is 1.94.